The Balaban J connectivity index is 2.60. The Labute approximate surface area is 67.2 Å². The maximum Gasteiger partial charge on any atom is 0.0719 e. The second-order valence-electron chi connectivity index (χ2n) is 2.89. The van der Waals surface area contributed by atoms with Crippen molar-refractivity contribution >= 4 is 5.69 Å². The zero-order valence-corrected chi connectivity index (χ0v) is 7.12. The monoisotopic (exact) mass is 153 g/mol. The van der Waals surface area contributed by atoms with Crippen LogP contribution < -0.4 is 5.73 Å². The predicted octanol–water partition coefficient (Wildman–Crippen LogP) is 1.83. The second-order valence-corrected chi connectivity index (χ2v) is 2.89. The van der Waals surface area contributed by atoms with Crippen LogP contribution in [0.4, 0.5) is 5.69 Å². The van der Waals surface area contributed by atoms with E-state index >= 15 is 0 Å². The number of hydrogen-bond donors (Lipinski definition) is 1. The normalized spacial score (nSPS) is 13.3. The number of rotatable bonds is 3. The third-order valence-electron chi connectivity index (χ3n) is 1.78. The molecule has 1 aromatic rings. The average molecular weight is 153 g/mol. The van der Waals surface area contributed by atoms with Gasteiger partial charge in [0, 0.05) is 12.2 Å². The molecule has 0 saturated carbocycles. The summed E-state index contributed by atoms with van der Waals surface area (Å²) in [6.45, 7) is 4.32. The average Bonchev–Trinajstić information content (AvgIpc) is 2.36. The summed E-state index contributed by atoms with van der Waals surface area (Å²) >= 11 is 0. The van der Waals surface area contributed by atoms with E-state index in [4.69, 9.17) is 5.73 Å². The van der Waals surface area contributed by atoms with Gasteiger partial charge in [0.05, 0.1) is 11.9 Å². The summed E-state index contributed by atoms with van der Waals surface area (Å²) in [7, 11) is 0. The van der Waals surface area contributed by atoms with E-state index < -0.39 is 0 Å². The zero-order chi connectivity index (χ0) is 8.27. The van der Waals surface area contributed by atoms with Gasteiger partial charge in [-0.15, -0.1) is 0 Å². The molecule has 0 spiro atoms. The van der Waals surface area contributed by atoms with Gasteiger partial charge in [0.2, 0.25) is 0 Å². The Hall–Kier alpha value is -0.990. The first-order valence-corrected chi connectivity index (χ1v) is 4.03. The van der Waals surface area contributed by atoms with Crippen molar-refractivity contribution in [2.24, 2.45) is 0 Å². The van der Waals surface area contributed by atoms with Crippen molar-refractivity contribution in [3.63, 3.8) is 0 Å². The van der Waals surface area contributed by atoms with Gasteiger partial charge in [0.1, 0.15) is 0 Å². The first-order valence-electron chi connectivity index (χ1n) is 4.03. The highest BCUT2D eigenvalue weighted by atomic mass is 15.3. The molecule has 0 amide bonds. The van der Waals surface area contributed by atoms with Crippen LogP contribution in [0, 0.1) is 0 Å². The quantitative estimate of drug-likeness (QED) is 0.719. The lowest BCUT2D eigenvalue weighted by molar-refractivity contribution is 0.455. The Morgan fingerprint density at radius 2 is 2.45 bits per heavy atom. The van der Waals surface area contributed by atoms with Crippen LogP contribution >= 0.6 is 0 Å². The minimum absolute atomic E-state index is 0.470. The van der Waals surface area contributed by atoms with Crippen LogP contribution in [0.15, 0.2) is 12.4 Å². The summed E-state index contributed by atoms with van der Waals surface area (Å²) in [5.41, 5.74) is 6.27. The molecule has 0 aliphatic carbocycles. The van der Waals surface area contributed by atoms with Gasteiger partial charge in [-0.25, -0.2) is 0 Å². The van der Waals surface area contributed by atoms with E-state index in [-0.39, 0.29) is 0 Å². The van der Waals surface area contributed by atoms with Crippen LogP contribution in [0.2, 0.25) is 0 Å². The molecule has 1 aromatic heterocycles. The smallest absolute Gasteiger partial charge is 0.0719 e. The van der Waals surface area contributed by atoms with Gasteiger partial charge >= 0.3 is 0 Å². The molecular weight excluding hydrogens is 138 g/mol. The summed E-state index contributed by atoms with van der Waals surface area (Å²) in [4.78, 5) is 0. The molecule has 0 radical (unpaired) electrons. The Morgan fingerprint density at radius 3 is 2.91 bits per heavy atom. The van der Waals surface area contributed by atoms with Crippen LogP contribution in [0.25, 0.3) is 0 Å². The highest BCUT2D eigenvalue weighted by molar-refractivity contribution is 5.30. The van der Waals surface area contributed by atoms with E-state index in [1.54, 1.807) is 6.20 Å². The molecule has 11 heavy (non-hydrogen) atoms. The van der Waals surface area contributed by atoms with Crippen molar-refractivity contribution in [1.82, 2.24) is 9.78 Å². The molecule has 3 nitrogen and oxygen atoms in total. The Morgan fingerprint density at radius 1 is 1.73 bits per heavy atom. The summed E-state index contributed by atoms with van der Waals surface area (Å²) in [6.07, 6.45) is 5.90. The number of nitrogens with two attached hydrogens (primary N) is 1. The first-order chi connectivity index (χ1) is 5.24. The molecule has 0 fully saturated rings. The number of nitrogens with zero attached hydrogens (tertiary/aromatic N) is 2. The highest BCUT2D eigenvalue weighted by Crippen LogP contribution is 2.12. The zero-order valence-electron chi connectivity index (χ0n) is 7.12. The van der Waals surface area contributed by atoms with Crippen molar-refractivity contribution in [3.8, 4) is 0 Å². The SMILES string of the molecule is CCC[C@H](C)n1cc(N)cn1. The van der Waals surface area contributed by atoms with Gasteiger partial charge in [-0.3, -0.25) is 4.68 Å². The van der Waals surface area contributed by atoms with Crippen LogP contribution in [0.1, 0.15) is 32.7 Å². The van der Waals surface area contributed by atoms with Gasteiger partial charge in [-0.2, -0.15) is 5.10 Å². The van der Waals surface area contributed by atoms with E-state index in [1.807, 2.05) is 10.9 Å². The van der Waals surface area contributed by atoms with E-state index in [0.29, 0.717) is 6.04 Å². The summed E-state index contributed by atoms with van der Waals surface area (Å²) in [5, 5.41) is 4.13. The lowest BCUT2D eigenvalue weighted by Gasteiger charge is -2.09. The van der Waals surface area contributed by atoms with Gasteiger partial charge in [0.15, 0.2) is 0 Å². The van der Waals surface area contributed by atoms with E-state index in [9.17, 15) is 0 Å². The highest BCUT2D eigenvalue weighted by Gasteiger charge is 2.02. The molecule has 1 rings (SSSR count). The molecule has 0 saturated heterocycles. The fourth-order valence-electron chi connectivity index (χ4n) is 1.14. The summed E-state index contributed by atoms with van der Waals surface area (Å²) < 4.78 is 1.92. The number of nitrogen functional groups attached to an aromatic ring is 1. The van der Waals surface area contributed by atoms with E-state index in [0.717, 1.165) is 12.1 Å². The minimum Gasteiger partial charge on any atom is -0.396 e. The van der Waals surface area contributed by atoms with E-state index in [2.05, 4.69) is 18.9 Å². The van der Waals surface area contributed by atoms with Crippen LogP contribution in [0.5, 0.6) is 0 Å². The van der Waals surface area contributed by atoms with Gasteiger partial charge in [-0.05, 0) is 13.3 Å². The van der Waals surface area contributed by atoms with Crippen LogP contribution in [0.3, 0.4) is 0 Å². The molecule has 62 valence electrons. The summed E-state index contributed by atoms with van der Waals surface area (Å²) in [6, 6.07) is 0.470. The number of anilines is 1. The first kappa shape index (κ1) is 8.11. The maximum absolute atomic E-state index is 5.53. The van der Waals surface area contributed by atoms with Crippen molar-refractivity contribution in [3.05, 3.63) is 12.4 Å². The fourth-order valence-corrected chi connectivity index (χ4v) is 1.14. The fraction of sp³-hybridized carbons (Fsp3) is 0.625. The number of hydrogen-bond acceptors (Lipinski definition) is 2. The topological polar surface area (TPSA) is 43.8 Å². The predicted molar refractivity (Wildman–Crippen MR) is 46.3 cm³/mol. The van der Waals surface area contributed by atoms with E-state index in [1.165, 1.54) is 6.42 Å². The lowest BCUT2D eigenvalue weighted by atomic mass is 10.2. The molecule has 0 bridgehead atoms. The maximum atomic E-state index is 5.53. The molecule has 2 N–H and O–H groups in total. The molecule has 3 heteroatoms. The summed E-state index contributed by atoms with van der Waals surface area (Å²) in [5.74, 6) is 0. The Kier molecular flexibility index (Phi) is 2.52. The molecule has 1 heterocycles. The molecule has 0 aliphatic rings. The van der Waals surface area contributed by atoms with Crippen molar-refractivity contribution in [2.75, 3.05) is 5.73 Å². The lowest BCUT2D eigenvalue weighted by Crippen LogP contribution is -2.04. The van der Waals surface area contributed by atoms with Gasteiger partial charge < -0.3 is 5.73 Å². The van der Waals surface area contributed by atoms with Gasteiger partial charge in [-0.1, -0.05) is 13.3 Å². The minimum atomic E-state index is 0.470. The third kappa shape index (κ3) is 1.97. The molecule has 0 unspecified atom stereocenters. The van der Waals surface area contributed by atoms with Crippen molar-refractivity contribution in [1.29, 1.82) is 0 Å². The van der Waals surface area contributed by atoms with Crippen molar-refractivity contribution in [2.45, 2.75) is 32.7 Å². The third-order valence-corrected chi connectivity index (χ3v) is 1.78. The second kappa shape index (κ2) is 3.42. The van der Waals surface area contributed by atoms with Crippen molar-refractivity contribution < 1.29 is 0 Å². The molecule has 0 aromatic carbocycles. The Bertz CT molecular complexity index is 217. The van der Waals surface area contributed by atoms with Crippen LogP contribution in [-0.2, 0) is 0 Å². The largest absolute Gasteiger partial charge is 0.396 e. The van der Waals surface area contributed by atoms with Gasteiger partial charge in [0.25, 0.3) is 0 Å². The number of aromatic nitrogens is 2. The molecular formula is C8H15N3. The standard InChI is InChI=1S/C8H15N3/c1-3-4-7(2)11-6-8(9)5-10-11/h5-7H,3-4,9H2,1-2H3/t7-/m0/s1. The molecule has 0 aliphatic heterocycles. The molecule has 1 atom stereocenters. The van der Waals surface area contributed by atoms with Crippen LogP contribution in [-0.4, -0.2) is 9.78 Å².